The van der Waals surface area contributed by atoms with E-state index in [-0.39, 0.29) is 0 Å². The molecule has 6 nitrogen and oxygen atoms in total. The maximum absolute atomic E-state index is 12.8. The highest BCUT2D eigenvalue weighted by molar-refractivity contribution is 7.89. The van der Waals surface area contributed by atoms with Gasteiger partial charge in [-0.2, -0.15) is 5.10 Å². The lowest BCUT2D eigenvalue weighted by atomic mass is 9.88. The van der Waals surface area contributed by atoms with Crippen LogP contribution in [-0.4, -0.2) is 46.3 Å². The van der Waals surface area contributed by atoms with E-state index in [1.807, 2.05) is 18.5 Å². The molecule has 3 rings (SSSR count). The number of piperidine rings is 1. The van der Waals surface area contributed by atoms with Crippen molar-refractivity contribution >= 4 is 10.0 Å². The van der Waals surface area contributed by atoms with E-state index in [9.17, 15) is 8.42 Å². The molecule has 1 atom stereocenters. The number of hydrogen-bond acceptors (Lipinski definition) is 4. The minimum atomic E-state index is -3.12. The van der Waals surface area contributed by atoms with Crippen molar-refractivity contribution in [2.75, 3.05) is 18.8 Å². The Morgan fingerprint density at radius 1 is 1.04 bits per heavy atom. The number of rotatable bonds is 6. The van der Waals surface area contributed by atoms with Crippen LogP contribution in [-0.2, 0) is 16.6 Å². The smallest absolute Gasteiger partial charge is 0.214 e. The van der Waals surface area contributed by atoms with Crippen molar-refractivity contribution < 1.29 is 8.42 Å². The number of hydrogen-bond donors (Lipinski definition) is 0. The van der Waals surface area contributed by atoms with Crippen molar-refractivity contribution in [2.24, 2.45) is 11.8 Å². The Morgan fingerprint density at radius 3 is 2.44 bits per heavy atom. The van der Waals surface area contributed by atoms with E-state index < -0.39 is 10.0 Å². The topological polar surface area (TPSA) is 68.1 Å². The summed E-state index contributed by atoms with van der Waals surface area (Å²) < 4.78 is 29.2. The summed E-state index contributed by atoms with van der Waals surface area (Å²) >= 11 is 0. The Hall–Kier alpha value is -0.950. The summed E-state index contributed by atoms with van der Waals surface area (Å²) in [6, 6.07) is 0. The Bertz CT molecular complexity index is 665. The summed E-state index contributed by atoms with van der Waals surface area (Å²) in [5.74, 6) is 2.97. The van der Waals surface area contributed by atoms with E-state index in [1.165, 1.54) is 32.1 Å². The molecular weight excluding hydrogens is 336 g/mol. The lowest BCUT2D eigenvalue weighted by Crippen LogP contribution is -2.42. The first kappa shape index (κ1) is 18.8. The molecule has 2 fully saturated rings. The molecule has 0 spiro atoms. The number of aryl methyl sites for hydroxylation is 2. The van der Waals surface area contributed by atoms with Gasteiger partial charge in [-0.25, -0.2) is 22.4 Å². The molecule has 2 heterocycles. The van der Waals surface area contributed by atoms with Crippen LogP contribution in [0.3, 0.4) is 0 Å². The molecule has 0 aromatic carbocycles. The minimum absolute atomic E-state index is 0.325. The summed E-state index contributed by atoms with van der Waals surface area (Å²) in [4.78, 5) is 4.35. The molecule has 1 aliphatic carbocycles. The first-order valence-electron chi connectivity index (χ1n) is 9.80. The zero-order valence-corrected chi connectivity index (χ0v) is 16.5. The number of sulfonamides is 1. The predicted octanol–water partition coefficient (Wildman–Crippen LogP) is 2.91. The Labute approximate surface area is 152 Å². The molecule has 0 bridgehead atoms. The maximum atomic E-state index is 12.8. The molecule has 1 saturated carbocycles. The van der Waals surface area contributed by atoms with Crippen molar-refractivity contribution in [3.05, 3.63) is 11.6 Å². The van der Waals surface area contributed by atoms with E-state index in [1.54, 1.807) is 4.31 Å². The van der Waals surface area contributed by atoms with Crippen LogP contribution in [0.25, 0.3) is 0 Å². The molecule has 1 aliphatic heterocycles. The molecule has 25 heavy (non-hydrogen) atoms. The van der Waals surface area contributed by atoms with Crippen LogP contribution in [0.4, 0.5) is 0 Å². The zero-order chi connectivity index (χ0) is 17.9. The molecular formula is C18H32N4O2S. The van der Waals surface area contributed by atoms with Crippen LogP contribution in [0.5, 0.6) is 0 Å². The summed E-state index contributed by atoms with van der Waals surface area (Å²) in [5.41, 5.74) is 0. The third-order valence-corrected chi connectivity index (χ3v) is 7.65. The molecule has 1 aromatic heterocycles. The van der Waals surface area contributed by atoms with Gasteiger partial charge >= 0.3 is 0 Å². The summed E-state index contributed by atoms with van der Waals surface area (Å²) in [6.07, 6.45) is 9.13. The van der Waals surface area contributed by atoms with Crippen molar-refractivity contribution in [1.29, 1.82) is 0 Å². The van der Waals surface area contributed by atoms with Gasteiger partial charge in [-0.3, -0.25) is 0 Å². The van der Waals surface area contributed by atoms with E-state index >= 15 is 0 Å². The molecule has 2 aliphatic rings. The molecule has 0 radical (unpaired) electrons. The highest BCUT2D eigenvalue weighted by Crippen LogP contribution is 2.28. The Morgan fingerprint density at radius 2 is 1.76 bits per heavy atom. The molecule has 0 N–H and O–H groups in total. The van der Waals surface area contributed by atoms with Gasteiger partial charge in [-0.1, -0.05) is 32.1 Å². The van der Waals surface area contributed by atoms with E-state index in [0.29, 0.717) is 30.7 Å². The van der Waals surface area contributed by atoms with E-state index in [2.05, 4.69) is 10.1 Å². The number of aromatic nitrogens is 3. The van der Waals surface area contributed by atoms with Gasteiger partial charge in [-0.05, 0) is 44.9 Å². The van der Waals surface area contributed by atoms with Crippen LogP contribution in [0.1, 0.15) is 63.0 Å². The van der Waals surface area contributed by atoms with Crippen LogP contribution >= 0.6 is 0 Å². The third-order valence-electron chi connectivity index (χ3n) is 5.78. The highest BCUT2D eigenvalue weighted by atomic mass is 32.2. The van der Waals surface area contributed by atoms with Crippen molar-refractivity contribution in [3.8, 4) is 0 Å². The minimum Gasteiger partial charge on any atom is -0.250 e. The molecule has 1 saturated heterocycles. The first-order valence-corrected chi connectivity index (χ1v) is 11.4. The standard InChI is InChI=1S/C18H32N4O2S/c1-15-19-16(2)22(20-15)14-18-9-6-11-21(13-18)25(23,24)12-10-17-7-4-3-5-8-17/h17-18H,3-14H2,1-2H3. The normalized spacial score (nSPS) is 23.8. The van der Waals surface area contributed by atoms with Gasteiger partial charge < -0.3 is 0 Å². The van der Waals surface area contributed by atoms with Crippen LogP contribution in [0.15, 0.2) is 0 Å². The lowest BCUT2D eigenvalue weighted by molar-refractivity contribution is 0.237. The van der Waals surface area contributed by atoms with Gasteiger partial charge in [-0.15, -0.1) is 0 Å². The molecule has 0 amide bonds. The SMILES string of the molecule is Cc1nc(C)n(CC2CCCN(S(=O)(=O)CCC3CCCCC3)C2)n1. The van der Waals surface area contributed by atoms with Crippen LogP contribution < -0.4 is 0 Å². The van der Waals surface area contributed by atoms with Crippen LogP contribution in [0, 0.1) is 25.7 Å². The van der Waals surface area contributed by atoms with Gasteiger partial charge in [0, 0.05) is 19.6 Å². The average molecular weight is 369 g/mol. The van der Waals surface area contributed by atoms with E-state index in [4.69, 9.17) is 0 Å². The zero-order valence-electron chi connectivity index (χ0n) is 15.7. The van der Waals surface area contributed by atoms with Crippen LogP contribution in [0.2, 0.25) is 0 Å². The molecule has 7 heteroatoms. The summed E-state index contributed by atoms with van der Waals surface area (Å²) in [7, 11) is -3.12. The quantitative estimate of drug-likeness (QED) is 0.774. The first-order chi connectivity index (χ1) is 11.9. The largest absolute Gasteiger partial charge is 0.250 e. The second-order valence-electron chi connectivity index (χ2n) is 7.86. The second-order valence-corrected chi connectivity index (χ2v) is 9.95. The van der Waals surface area contributed by atoms with Crippen molar-refractivity contribution in [3.63, 3.8) is 0 Å². The second kappa shape index (κ2) is 8.16. The van der Waals surface area contributed by atoms with E-state index in [0.717, 1.165) is 37.5 Å². The van der Waals surface area contributed by atoms with Gasteiger partial charge in [0.25, 0.3) is 0 Å². The molecule has 142 valence electrons. The monoisotopic (exact) mass is 368 g/mol. The average Bonchev–Trinajstić information content (AvgIpc) is 2.91. The predicted molar refractivity (Wildman–Crippen MR) is 98.8 cm³/mol. The fraction of sp³-hybridized carbons (Fsp3) is 0.889. The Balaban J connectivity index is 1.55. The Kier molecular flexibility index (Phi) is 6.15. The maximum Gasteiger partial charge on any atom is 0.214 e. The van der Waals surface area contributed by atoms with Gasteiger partial charge in [0.15, 0.2) is 0 Å². The van der Waals surface area contributed by atoms with Gasteiger partial charge in [0.05, 0.1) is 5.75 Å². The fourth-order valence-electron chi connectivity index (χ4n) is 4.33. The van der Waals surface area contributed by atoms with Crippen molar-refractivity contribution in [2.45, 2.75) is 71.8 Å². The van der Waals surface area contributed by atoms with Gasteiger partial charge in [0.2, 0.25) is 10.0 Å². The fourth-order valence-corrected chi connectivity index (χ4v) is 6.06. The summed E-state index contributed by atoms with van der Waals surface area (Å²) in [5, 5.41) is 4.43. The van der Waals surface area contributed by atoms with Crippen molar-refractivity contribution in [1.82, 2.24) is 19.1 Å². The highest BCUT2D eigenvalue weighted by Gasteiger charge is 2.30. The number of nitrogens with zero attached hydrogens (tertiary/aromatic N) is 4. The molecule has 1 aromatic rings. The molecule has 1 unspecified atom stereocenters. The lowest BCUT2D eigenvalue weighted by Gasteiger charge is -2.32. The van der Waals surface area contributed by atoms with Gasteiger partial charge in [0.1, 0.15) is 11.6 Å². The third kappa shape index (κ3) is 5.03. The summed E-state index contributed by atoms with van der Waals surface area (Å²) in [6.45, 7) is 5.93.